The average molecular weight is 277 g/mol. The molecule has 1 amide bonds. The molecule has 0 spiro atoms. The van der Waals surface area contributed by atoms with Crippen LogP contribution in [-0.2, 0) is 16.1 Å². The van der Waals surface area contributed by atoms with E-state index >= 15 is 0 Å². The summed E-state index contributed by atoms with van der Waals surface area (Å²) < 4.78 is 0. The number of hydrogen-bond acceptors (Lipinski definition) is 4. The number of nitrogens with one attached hydrogen (secondary N) is 1. The molecule has 6 nitrogen and oxygen atoms in total. The van der Waals surface area contributed by atoms with E-state index in [0.717, 1.165) is 18.5 Å². The number of nitrogens with zero attached hydrogens (tertiary/aromatic N) is 2. The molecule has 1 aromatic heterocycles. The van der Waals surface area contributed by atoms with Gasteiger partial charge in [0.2, 0.25) is 5.91 Å². The van der Waals surface area contributed by atoms with Crippen LogP contribution in [0.4, 0.5) is 0 Å². The summed E-state index contributed by atoms with van der Waals surface area (Å²) in [4.78, 5) is 31.6. The van der Waals surface area contributed by atoms with E-state index in [9.17, 15) is 14.7 Å². The van der Waals surface area contributed by atoms with Gasteiger partial charge in [0.15, 0.2) is 0 Å². The summed E-state index contributed by atoms with van der Waals surface area (Å²) in [6, 6.07) is 0. The molecule has 6 heteroatoms. The van der Waals surface area contributed by atoms with Gasteiger partial charge >= 0.3 is 5.97 Å². The number of carbonyl (C=O) groups is 2. The number of aromatic nitrogens is 2. The minimum Gasteiger partial charge on any atom is -0.481 e. The molecule has 0 aromatic carbocycles. The van der Waals surface area contributed by atoms with Crippen molar-refractivity contribution in [2.24, 2.45) is 11.8 Å². The molecule has 1 aliphatic carbocycles. The lowest BCUT2D eigenvalue weighted by atomic mass is 9.79. The Bertz CT molecular complexity index is 487. The zero-order chi connectivity index (χ0) is 14.5. The fraction of sp³-hybridized carbons (Fsp3) is 0.571. The SMILES string of the molecule is Cc1cnc(CNC(=O)[C@@H]2CCCC[C@@H]2C(=O)O)cn1. The van der Waals surface area contributed by atoms with Crippen LogP contribution in [0.25, 0.3) is 0 Å². The molecule has 0 radical (unpaired) electrons. The molecule has 0 unspecified atom stereocenters. The van der Waals surface area contributed by atoms with Crippen molar-refractivity contribution in [1.29, 1.82) is 0 Å². The molecule has 1 aliphatic rings. The molecular weight excluding hydrogens is 258 g/mol. The van der Waals surface area contributed by atoms with Crippen LogP contribution in [0.2, 0.25) is 0 Å². The van der Waals surface area contributed by atoms with Crippen LogP contribution in [0.15, 0.2) is 12.4 Å². The monoisotopic (exact) mass is 277 g/mol. The van der Waals surface area contributed by atoms with Crippen LogP contribution >= 0.6 is 0 Å². The second kappa shape index (κ2) is 6.45. The third kappa shape index (κ3) is 3.53. The van der Waals surface area contributed by atoms with Crippen LogP contribution in [0.1, 0.15) is 37.1 Å². The van der Waals surface area contributed by atoms with E-state index in [0.29, 0.717) is 18.5 Å². The van der Waals surface area contributed by atoms with Crippen LogP contribution in [0.5, 0.6) is 0 Å². The maximum atomic E-state index is 12.1. The number of aryl methyl sites for hydroxylation is 1. The predicted octanol–water partition coefficient (Wildman–Crippen LogP) is 1.29. The van der Waals surface area contributed by atoms with Crippen LogP contribution in [0, 0.1) is 18.8 Å². The van der Waals surface area contributed by atoms with E-state index in [-0.39, 0.29) is 12.5 Å². The summed E-state index contributed by atoms with van der Waals surface area (Å²) in [5.41, 5.74) is 1.49. The van der Waals surface area contributed by atoms with Gasteiger partial charge in [-0.05, 0) is 19.8 Å². The van der Waals surface area contributed by atoms with Gasteiger partial charge in [0.1, 0.15) is 0 Å². The van der Waals surface area contributed by atoms with E-state index in [4.69, 9.17) is 0 Å². The van der Waals surface area contributed by atoms with Crippen LogP contribution in [0.3, 0.4) is 0 Å². The Labute approximate surface area is 117 Å². The molecule has 2 N–H and O–H groups in total. The summed E-state index contributed by atoms with van der Waals surface area (Å²) >= 11 is 0. The average Bonchev–Trinajstić information content (AvgIpc) is 2.46. The third-order valence-electron chi connectivity index (χ3n) is 3.70. The molecule has 0 bridgehead atoms. The van der Waals surface area contributed by atoms with Crippen molar-refractivity contribution in [3.05, 3.63) is 23.8 Å². The number of carbonyl (C=O) groups excluding carboxylic acids is 1. The zero-order valence-corrected chi connectivity index (χ0v) is 11.5. The van der Waals surface area contributed by atoms with E-state index in [1.54, 1.807) is 12.4 Å². The van der Waals surface area contributed by atoms with Crippen molar-refractivity contribution in [3.8, 4) is 0 Å². The number of rotatable bonds is 4. The Balaban J connectivity index is 1.93. The summed E-state index contributed by atoms with van der Waals surface area (Å²) in [7, 11) is 0. The Morgan fingerprint density at radius 3 is 2.55 bits per heavy atom. The summed E-state index contributed by atoms with van der Waals surface area (Å²) in [5.74, 6) is -2.06. The summed E-state index contributed by atoms with van der Waals surface area (Å²) in [5, 5.41) is 11.9. The Hall–Kier alpha value is -1.98. The first kappa shape index (κ1) is 14.4. The minimum absolute atomic E-state index is 0.195. The topological polar surface area (TPSA) is 92.2 Å². The van der Waals surface area contributed by atoms with Crippen molar-refractivity contribution in [2.75, 3.05) is 0 Å². The maximum absolute atomic E-state index is 12.1. The largest absolute Gasteiger partial charge is 0.481 e. The fourth-order valence-electron chi connectivity index (χ4n) is 2.56. The molecule has 2 atom stereocenters. The Kier molecular flexibility index (Phi) is 4.65. The number of carboxylic acids is 1. The summed E-state index contributed by atoms with van der Waals surface area (Å²) in [6.45, 7) is 2.13. The van der Waals surface area contributed by atoms with Gasteiger partial charge in [0.05, 0.1) is 36.0 Å². The number of amides is 1. The minimum atomic E-state index is -0.875. The Morgan fingerprint density at radius 2 is 1.95 bits per heavy atom. The van der Waals surface area contributed by atoms with E-state index in [1.165, 1.54) is 0 Å². The van der Waals surface area contributed by atoms with Crippen LogP contribution < -0.4 is 5.32 Å². The molecule has 1 fully saturated rings. The van der Waals surface area contributed by atoms with Gasteiger partial charge in [0, 0.05) is 6.20 Å². The van der Waals surface area contributed by atoms with Gasteiger partial charge in [-0.15, -0.1) is 0 Å². The zero-order valence-electron chi connectivity index (χ0n) is 11.5. The van der Waals surface area contributed by atoms with Gasteiger partial charge in [-0.2, -0.15) is 0 Å². The normalized spacial score (nSPS) is 22.2. The molecule has 20 heavy (non-hydrogen) atoms. The van der Waals surface area contributed by atoms with Crippen molar-refractivity contribution >= 4 is 11.9 Å². The third-order valence-corrected chi connectivity index (χ3v) is 3.70. The van der Waals surface area contributed by atoms with Crippen molar-refractivity contribution < 1.29 is 14.7 Å². The van der Waals surface area contributed by atoms with Crippen LogP contribution in [-0.4, -0.2) is 27.0 Å². The first-order valence-electron chi connectivity index (χ1n) is 6.86. The Morgan fingerprint density at radius 1 is 1.25 bits per heavy atom. The quantitative estimate of drug-likeness (QED) is 0.865. The van der Waals surface area contributed by atoms with Crippen molar-refractivity contribution in [3.63, 3.8) is 0 Å². The standard InChI is InChI=1S/C14H19N3O3/c1-9-6-16-10(7-15-9)8-17-13(18)11-4-2-3-5-12(11)14(19)20/h6-7,11-12H,2-5,8H2,1H3,(H,17,18)(H,19,20)/t11-,12+/m1/s1. The lowest BCUT2D eigenvalue weighted by molar-refractivity contribution is -0.148. The van der Waals surface area contributed by atoms with Gasteiger partial charge in [-0.1, -0.05) is 12.8 Å². The molecular formula is C14H19N3O3. The fourth-order valence-corrected chi connectivity index (χ4v) is 2.56. The van der Waals surface area contributed by atoms with Crippen molar-refractivity contribution in [2.45, 2.75) is 39.2 Å². The lowest BCUT2D eigenvalue weighted by Crippen LogP contribution is -2.39. The molecule has 0 aliphatic heterocycles. The number of hydrogen-bond donors (Lipinski definition) is 2. The highest BCUT2D eigenvalue weighted by Crippen LogP contribution is 2.30. The highest BCUT2D eigenvalue weighted by molar-refractivity contribution is 5.84. The molecule has 2 rings (SSSR count). The number of carboxylic acid groups (broad SMARTS) is 1. The lowest BCUT2D eigenvalue weighted by Gasteiger charge is -2.27. The van der Waals surface area contributed by atoms with E-state index < -0.39 is 17.8 Å². The van der Waals surface area contributed by atoms with Gasteiger partial charge in [-0.25, -0.2) is 0 Å². The first-order valence-corrected chi connectivity index (χ1v) is 6.86. The predicted molar refractivity (Wildman–Crippen MR) is 71.7 cm³/mol. The van der Waals surface area contributed by atoms with Gasteiger partial charge in [-0.3, -0.25) is 19.6 Å². The molecule has 1 saturated carbocycles. The molecule has 1 heterocycles. The van der Waals surface area contributed by atoms with Crippen molar-refractivity contribution in [1.82, 2.24) is 15.3 Å². The van der Waals surface area contributed by atoms with Gasteiger partial charge < -0.3 is 10.4 Å². The van der Waals surface area contributed by atoms with E-state index in [1.807, 2.05) is 6.92 Å². The first-order chi connectivity index (χ1) is 9.58. The molecule has 108 valence electrons. The van der Waals surface area contributed by atoms with E-state index in [2.05, 4.69) is 15.3 Å². The summed E-state index contributed by atoms with van der Waals surface area (Å²) in [6.07, 6.45) is 6.27. The second-order valence-electron chi connectivity index (χ2n) is 5.20. The highest BCUT2D eigenvalue weighted by atomic mass is 16.4. The highest BCUT2D eigenvalue weighted by Gasteiger charge is 2.35. The second-order valence-corrected chi connectivity index (χ2v) is 5.20. The number of aliphatic carboxylic acids is 1. The van der Waals surface area contributed by atoms with Gasteiger partial charge in [0.25, 0.3) is 0 Å². The molecule has 1 aromatic rings. The maximum Gasteiger partial charge on any atom is 0.307 e. The smallest absolute Gasteiger partial charge is 0.307 e. The molecule has 0 saturated heterocycles.